The van der Waals surface area contributed by atoms with E-state index in [0.717, 1.165) is 30.8 Å². The predicted molar refractivity (Wildman–Crippen MR) is 62.9 cm³/mol. The molecule has 3 heterocycles. The van der Waals surface area contributed by atoms with Crippen molar-refractivity contribution in [1.82, 2.24) is 15.3 Å². The lowest BCUT2D eigenvalue weighted by Gasteiger charge is -2.16. The fraction of sp³-hybridized carbons (Fsp3) is 0.231. The lowest BCUT2D eigenvalue weighted by molar-refractivity contribution is 0.631. The van der Waals surface area contributed by atoms with Crippen LogP contribution < -0.4 is 5.32 Å². The lowest BCUT2D eigenvalue weighted by atomic mass is 10.1. The van der Waals surface area contributed by atoms with Crippen molar-refractivity contribution in [2.75, 3.05) is 6.54 Å². The van der Waals surface area contributed by atoms with Crippen molar-refractivity contribution in [2.24, 2.45) is 0 Å². The van der Waals surface area contributed by atoms with Crippen LogP contribution in [0.25, 0.3) is 11.3 Å². The van der Waals surface area contributed by atoms with Crippen molar-refractivity contribution >= 4 is 0 Å². The maximum Gasteiger partial charge on any atom is 0.0706 e. The summed E-state index contributed by atoms with van der Waals surface area (Å²) in [6, 6.07) is 8.25. The molecule has 1 aliphatic heterocycles. The molecule has 2 aromatic heterocycles. The van der Waals surface area contributed by atoms with Crippen molar-refractivity contribution in [3.63, 3.8) is 0 Å². The molecule has 0 bridgehead atoms. The van der Waals surface area contributed by atoms with Crippen LogP contribution >= 0.6 is 0 Å². The zero-order valence-corrected chi connectivity index (χ0v) is 8.98. The number of hydrogen-bond acceptors (Lipinski definition) is 3. The summed E-state index contributed by atoms with van der Waals surface area (Å²) in [4.78, 5) is 8.74. The Balaban J connectivity index is 2.03. The highest BCUT2D eigenvalue weighted by atomic mass is 14.9. The number of hydrogen-bond donors (Lipinski definition) is 1. The van der Waals surface area contributed by atoms with E-state index in [4.69, 9.17) is 4.98 Å². The topological polar surface area (TPSA) is 37.8 Å². The first-order valence-corrected chi connectivity index (χ1v) is 5.53. The number of pyridine rings is 2. The summed E-state index contributed by atoms with van der Waals surface area (Å²) in [5.41, 5.74) is 4.73. The minimum atomic E-state index is 0.943. The molecule has 2 aromatic rings. The molecule has 0 amide bonds. The monoisotopic (exact) mass is 211 g/mol. The summed E-state index contributed by atoms with van der Waals surface area (Å²) >= 11 is 0. The Morgan fingerprint density at radius 2 is 1.94 bits per heavy atom. The van der Waals surface area contributed by atoms with Gasteiger partial charge in [0.15, 0.2) is 0 Å². The first-order valence-electron chi connectivity index (χ1n) is 5.53. The van der Waals surface area contributed by atoms with Gasteiger partial charge in [0.1, 0.15) is 0 Å². The minimum Gasteiger partial charge on any atom is -0.312 e. The van der Waals surface area contributed by atoms with Crippen LogP contribution in [0, 0.1) is 0 Å². The number of fused-ring (bicyclic) bond motifs is 1. The van der Waals surface area contributed by atoms with Crippen molar-refractivity contribution in [1.29, 1.82) is 0 Å². The van der Waals surface area contributed by atoms with Gasteiger partial charge in [0, 0.05) is 43.2 Å². The van der Waals surface area contributed by atoms with Crippen molar-refractivity contribution in [3.8, 4) is 11.3 Å². The van der Waals surface area contributed by atoms with Crippen LogP contribution in [-0.2, 0) is 13.0 Å². The number of nitrogens with zero attached hydrogens (tertiary/aromatic N) is 2. The first-order chi connectivity index (χ1) is 7.93. The quantitative estimate of drug-likeness (QED) is 0.781. The van der Waals surface area contributed by atoms with Gasteiger partial charge in [-0.2, -0.15) is 0 Å². The van der Waals surface area contributed by atoms with Gasteiger partial charge in [-0.1, -0.05) is 6.07 Å². The van der Waals surface area contributed by atoms with Crippen molar-refractivity contribution in [3.05, 3.63) is 47.9 Å². The molecule has 0 fully saturated rings. The smallest absolute Gasteiger partial charge is 0.0706 e. The Bertz CT molecular complexity index is 494. The average molecular weight is 211 g/mol. The van der Waals surface area contributed by atoms with Crippen LogP contribution in [0.15, 0.2) is 36.7 Å². The van der Waals surface area contributed by atoms with E-state index in [0.29, 0.717) is 0 Å². The second kappa shape index (κ2) is 4.02. The molecule has 0 saturated carbocycles. The second-order valence-corrected chi connectivity index (χ2v) is 3.96. The van der Waals surface area contributed by atoms with Gasteiger partial charge >= 0.3 is 0 Å². The molecule has 0 atom stereocenters. The summed E-state index contributed by atoms with van der Waals surface area (Å²) in [6.45, 7) is 1.97. The van der Waals surface area contributed by atoms with Crippen LogP contribution in [0.5, 0.6) is 0 Å². The van der Waals surface area contributed by atoms with Gasteiger partial charge < -0.3 is 5.32 Å². The SMILES string of the molecule is c1cc(-c2ccc3c(n2)CCNC3)ccn1. The molecule has 0 unspecified atom stereocenters. The third-order valence-electron chi connectivity index (χ3n) is 2.90. The summed E-state index contributed by atoms with van der Waals surface area (Å²) in [5.74, 6) is 0. The van der Waals surface area contributed by atoms with Crippen LogP contribution in [0.1, 0.15) is 11.3 Å². The molecular weight excluding hydrogens is 198 g/mol. The highest BCUT2D eigenvalue weighted by Gasteiger charge is 2.10. The highest BCUT2D eigenvalue weighted by molar-refractivity contribution is 5.58. The Morgan fingerprint density at radius 3 is 2.81 bits per heavy atom. The molecule has 0 aromatic carbocycles. The molecule has 80 valence electrons. The highest BCUT2D eigenvalue weighted by Crippen LogP contribution is 2.19. The molecular formula is C13H13N3. The van der Waals surface area contributed by atoms with E-state index in [1.807, 2.05) is 12.1 Å². The summed E-state index contributed by atoms with van der Waals surface area (Å²) < 4.78 is 0. The van der Waals surface area contributed by atoms with Crippen LogP contribution in [0.4, 0.5) is 0 Å². The van der Waals surface area contributed by atoms with Crippen molar-refractivity contribution in [2.45, 2.75) is 13.0 Å². The maximum absolute atomic E-state index is 4.72. The predicted octanol–water partition coefficient (Wildman–Crippen LogP) is 1.79. The normalized spacial score (nSPS) is 14.5. The number of rotatable bonds is 1. The fourth-order valence-electron chi connectivity index (χ4n) is 2.02. The molecule has 3 heteroatoms. The van der Waals surface area contributed by atoms with Crippen LogP contribution in [0.3, 0.4) is 0 Å². The van der Waals surface area contributed by atoms with E-state index in [9.17, 15) is 0 Å². The van der Waals surface area contributed by atoms with Gasteiger partial charge in [-0.3, -0.25) is 9.97 Å². The molecule has 1 N–H and O–H groups in total. The minimum absolute atomic E-state index is 0.943. The molecule has 0 aliphatic carbocycles. The van der Waals surface area contributed by atoms with Crippen molar-refractivity contribution < 1.29 is 0 Å². The Morgan fingerprint density at radius 1 is 1.06 bits per heavy atom. The maximum atomic E-state index is 4.72. The number of nitrogens with one attached hydrogen (secondary N) is 1. The standard InChI is InChI=1S/C13H13N3/c1-2-12(10-3-6-14-7-4-10)16-13-5-8-15-9-11(1)13/h1-4,6-7,15H,5,8-9H2. The molecule has 16 heavy (non-hydrogen) atoms. The lowest BCUT2D eigenvalue weighted by Crippen LogP contribution is -2.24. The van der Waals surface area contributed by atoms with Gasteiger partial charge in [-0.25, -0.2) is 0 Å². The summed E-state index contributed by atoms with van der Waals surface area (Å²) in [7, 11) is 0. The van der Waals surface area contributed by atoms with Crippen LogP contribution in [0.2, 0.25) is 0 Å². The van der Waals surface area contributed by atoms with E-state index >= 15 is 0 Å². The fourth-order valence-corrected chi connectivity index (χ4v) is 2.02. The second-order valence-electron chi connectivity index (χ2n) is 3.96. The summed E-state index contributed by atoms with van der Waals surface area (Å²) in [6.07, 6.45) is 4.63. The van der Waals surface area contributed by atoms with Crippen LogP contribution in [-0.4, -0.2) is 16.5 Å². The van der Waals surface area contributed by atoms with E-state index < -0.39 is 0 Å². The van der Waals surface area contributed by atoms with Gasteiger partial charge in [-0.15, -0.1) is 0 Å². The molecule has 0 radical (unpaired) electrons. The number of aromatic nitrogens is 2. The molecule has 0 saturated heterocycles. The summed E-state index contributed by atoms with van der Waals surface area (Å²) in [5, 5.41) is 3.35. The van der Waals surface area contributed by atoms with E-state index in [1.165, 1.54) is 11.3 Å². The van der Waals surface area contributed by atoms with Gasteiger partial charge in [0.25, 0.3) is 0 Å². The molecule has 3 nitrogen and oxygen atoms in total. The third-order valence-corrected chi connectivity index (χ3v) is 2.90. The van der Waals surface area contributed by atoms with E-state index in [-0.39, 0.29) is 0 Å². The van der Waals surface area contributed by atoms with Gasteiger partial charge in [-0.05, 0) is 23.8 Å². The largest absolute Gasteiger partial charge is 0.312 e. The first kappa shape index (κ1) is 9.48. The van der Waals surface area contributed by atoms with Gasteiger partial charge in [0.05, 0.1) is 5.69 Å². The van der Waals surface area contributed by atoms with E-state index in [2.05, 4.69) is 22.4 Å². The Hall–Kier alpha value is -1.74. The molecule has 3 rings (SSSR count). The van der Waals surface area contributed by atoms with E-state index in [1.54, 1.807) is 12.4 Å². The molecule has 0 spiro atoms. The zero-order valence-electron chi connectivity index (χ0n) is 8.98. The molecule has 1 aliphatic rings. The van der Waals surface area contributed by atoms with Gasteiger partial charge in [0.2, 0.25) is 0 Å². The third kappa shape index (κ3) is 1.70. The Labute approximate surface area is 94.6 Å². The zero-order chi connectivity index (χ0) is 10.8. The average Bonchev–Trinajstić information content (AvgIpc) is 2.39. The Kier molecular flexibility index (Phi) is 2.38.